The summed E-state index contributed by atoms with van der Waals surface area (Å²) < 4.78 is 43.3. The van der Waals surface area contributed by atoms with Crippen molar-refractivity contribution in [3.8, 4) is 22.3 Å². The maximum Gasteiger partial charge on any atom is 0.269 e. The minimum atomic E-state index is -3.81. The quantitative estimate of drug-likeness (QED) is 0.157. The molecule has 4 aliphatic rings. The van der Waals surface area contributed by atoms with Crippen molar-refractivity contribution < 1.29 is 17.9 Å². The Bertz CT molecular complexity index is 2860. The third kappa shape index (κ3) is 10.2. The van der Waals surface area contributed by atoms with Crippen molar-refractivity contribution >= 4 is 32.1 Å². The molecule has 0 amide bonds. The summed E-state index contributed by atoms with van der Waals surface area (Å²) >= 11 is 0. The zero-order valence-corrected chi connectivity index (χ0v) is 39.0. The minimum absolute atomic E-state index is 0. The standard InChI is InChI=1S/C28H33N5O3S.C22H29N5O.3CH4/c1-20-26(18-31(2)30-20)27-19-33(37(34,35)24-6-4-3-5-7-24)28-25(27)16-22(17-29-28)21-8-10-23(11-9-21)32-12-14-36-15-13-32;1-15-21(14-26(2)25-15)20-13-24-22-19(20)11-17(12-23-22)16-3-5-18(6-4-16)27-7-9-28-10-8-27;;;/h3-7,16-19,21,23H,8-15H2,1-2H3;11-14,16,18H,3-10H2,1-2H3,(H,23,24);3*1H4. The van der Waals surface area contributed by atoms with Gasteiger partial charge in [-0.25, -0.2) is 22.4 Å². The van der Waals surface area contributed by atoms with Crippen molar-refractivity contribution in [2.45, 2.75) is 116 Å². The lowest BCUT2D eigenvalue weighted by atomic mass is 9.81. The van der Waals surface area contributed by atoms with Crippen LogP contribution in [0.2, 0.25) is 0 Å². The van der Waals surface area contributed by atoms with E-state index in [2.05, 4.69) is 62.6 Å². The normalized spacial score (nSPS) is 21.6. The molecule has 1 aromatic carbocycles. The second kappa shape index (κ2) is 21.6. The number of hydrogen-bond donors (Lipinski definition) is 1. The molecular formula is C53H74N10O4S. The zero-order valence-electron chi connectivity index (χ0n) is 38.2. The van der Waals surface area contributed by atoms with Crippen molar-refractivity contribution in [1.82, 2.24) is 48.3 Å². The van der Waals surface area contributed by atoms with Crippen LogP contribution in [0, 0.1) is 13.8 Å². The molecule has 0 unspecified atom stereocenters. The lowest BCUT2D eigenvalue weighted by Gasteiger charge is -2.38. The van der Waals surface area contributed by atoms with E-state index < -0.39 is 10.0 Å². The Labute approximate surface area is 404 Å². The summed E-state index contributed by atoms with van der Waals surface area (Å²) in [6.07, 6.45) is 21.4. The first-order valence-electron chi connectivity index (χ1n) is 23.5. The SMILES string of the molecule is C.C.C.Cc1nn(C)cc1-c1c[nH]c2ncc(C3CCC(N4CCOCC4)CC3)cc12.Cc1nn(C)cc1-c1cn(S(=O)(=O)c2ccccc2)c2ncc(C3CCC(N4CCOCC4)CC3)cc12. The molecule has 68 heavy (non-hydrogen) atoms. The number of H-pyrrole nitrogens is 1. The van der Waals surface area contributed by atoms with E-state index in [1.54, 1.807) is 35.1 Å². The minimum Gasteiger partial charge on any atom is -0.379 e. The molecule has 366 valence electrons. The lowest BCUT2D eigenvalue weighted by Crippen LogP contribution is -2.44. The smallest absolute Gasteiger partial charge is 0.269 e. The number of pyridine rings is 2. The Kier molecular flexibility index (Phi) is 16.1. The van der Waals surface area contributed by atoms with E-state index >= 15 is 0 Å². The summed E-state index contributed by atoms with van der Waals surface area (Å²) in [5, 5.41) is 11.1. The topological polar surface area (TPSA) is 141 Å². The highest BCUT2D eigenvalue weighted by Crippen LogP contribution is 2.40. The van der Waals surface area contributed by atoms with Gasteiger partial charge in [0, 0.05) is 123 Å². The molecular weight excluding hydrogens is 873 g/mol. The fourth-order valence-corrected chi connectivity index (χ4v) is 12.4. The van der Waals surface area contributed by atoms with E-state index in [0.29, 0.717) is 23.5 Å². The second-order valence-corrected chi connectivity index (χ2v) is 20.4. The van der Waals surface area contributed by atoms with Crippen LogP contribution in [0.3, 0.4) is 0 Å². The highest BCUT2D eigenvalue weighted by Gasteiger charge is 2.31. The van der Waals surface area contributed by atoms with Crippen LogP contribution in [0.25, 0.3) is 44.3 Å². The molecule has 7 aromatic rings. The third-order valence-electron chi connectivity index (χ3n) is 14.6. The first-order chi connectivity index (χ1) is 31.6. The molecule has 1 N–H and O–H groups in total. The highest BCUT2D eigenvalue weighted by molar-refractivity contribution is 7.90. The van der Waals surface area contributed by atoms with Gasteiger partial charge in [-0.05, 0) is 112 Å². The molecule has 8 heterocycles. The van der Waals surface area contributed by atoms with Crippen molar-refractivity contribution in [1.29, 1.82) is 0 Å². The highest BCUT2D eigenvalue weighted by atomic mass is 32.2. The Balaban J connectivity index is 0.000000199. The first-order valence-corrected chi connectivity index (χ1v) is 25.0. The number of ether oxygens (including phenoxy) is 2. The van der Waals surface area contributed by atoms with Gasteiger partial charge in [-0.2, -0.15) is 10.2 Å². The molecule has 14 nitrogen and oxygen atoms in total. The molecule has 2 saturated heterocycles. The molecule has 0 atom stereocenters. The Hall–Kier alpha value is -5.19. The van der Waals surface area contributed by atoms with E-state index in [0.717, 1.165) is 105 Å². The summed E-state index contributed by atoms with van der Waals surface area (Å²) in [4.78, 5) is 18.3. The van der Waals surface area contributed by atoms with Crippen LogP contribution in [-0.4, -0.2) is 121 Å². The molecule has 0 spiro atoms. The number of aromatic nitrogens is 8. The Morgan fingerprint density at radius 3 is 1.59 bits per heavy atom. The number of benzene rings is 1. The number of rotatable bonds is 8. The second-order valence-electron chi connectivity index (χ2n) is 18.6. The van der Waals surface area contributed by atoms with E-state index in [-0.39, 0.29) is 27.2 Å². The van der Waals surface area contributed by atoms with Crippen LogP contribution in [0.15, 0.2) is 84.5 Å². The molecule has 2 aliphatic carbocycles. The van der Waals surface area contributed by atoms with Crippen molar-refractivity contribution in [2.75, 3.05) is 52.6 Å². The first kappa shape index (κ1) is 50.7. The number of aryl methyl sites for hydroxylation is 4. The molecule has 2 aliphatic heterocycles. The predicted octanol–water partition coefficient (Wildman–Crippen LogP) is 9.88. The van der Waals surface area contributed by atoms with Gasteiger partial charge in [-0.15, -0.1) is 0 Å². The zero-order chi connectivity index (χ0) is 44.7. The van der Waals surface area contributed by atoms with Gasteiger partial charge in [0.05, 0.1) is 42.7 Å². The van der Waals surface area contributed by atoms with Crippen molar-refractivity contribution in [2.24, 2.45) is 14.1 Å². The number of aromatic amines is 1. The van der Waals surface area contributed by atoms with Crippen LogP contribution >= 0.6 is 0 Å². The number of nitrogens with one attached hydrogen (secondary N) is 1. The summed E-state index contributed by atoms with van der Waals surface area (Å²) in [7, 11) is 0.0511. The number of nitrogens with zero attached hydrogens (tertiary/aromatic N) is 9. The van der Waals surface area contributed by atoms with Crippen molar-refractivity contribution in [3.63, 3.8) is 0 Å². The van der Waals surface area contributed by atoms with Gasteiger partial charge in [-0.3, -0.25) is 19.2 Å². The van der Waals surface area contributed by atoms with E-state index in [1.165, 1.54) is 70.1 Å². The van der Waals surface area contributed by atoms with Crippen LogP contribution in [0.4, 0.5) is 0 Å². The maximum absolute atomic E-state index is 13.6. The molecule has 0 bridgehead atoms. The number of morpholine rings is 2. The Morgan fingerprint density at radius 2 is 1.09 bits per heavy atom. The van der Waals surface area contributed by atoms with Gasteiger partial charge in [0.1, 0.15) is 5.65 Å². The summed E-state index contributed by atoms with van der Waals surface area (Å²) in [6.45, 7) is 11.7. The van der Waals surface area contributed by atoms with Gasteiger partial charge in [-0.1, -0.05) is 40.5 Å². The van der Waals surface area contributed by atoms with Crippen molar-refractivity contribution in [3.05, 3.63) is 102 Å². The molecule has 0 radical (unpaired) electrons. The summed E-state index contributed by atoms with van der Waals surface area (Å²) in [5.41, 5.74) is 10.1. The predicted molar refractivity (Wildman–Crippen MR) is 274 cm³/mol. The van der Waals surface area contributed by atoms with Crippen LogP contribution in [0.5, 0.6) is 0 Å². The van der Waals surface area contributed by atoms with Gasteiger partial charge in [0.15, 0.2) is 5.65 Å². The van der Waals surface area contributed by atoms with Crippen LogP contribution in [0.1, 0.15) is 108 Å². The molecule has 6 aromatic heterocycles. The largest absolute Gasteiger partial charge is 0.379 e. The molecule has 11 rings (SSSR count). The Morgan fingerprint density at radius 1 is 0.603 bits per heavy atom. The van der Waals surface area contributed by atoms with Gasteiger partial charge < -0.3 is 14.5 Å². The van der Waals surface area contributed by atoms with E-state index in [1.807, 2.05) is 44.2 Å². The fourth-order valence-electron chi connectivity index (χ4n) is 11.1. The van der Waals surface area contributed by atoms with E-state index in [4.69, 9.17) is 19.4 Å². The van der Waals surface area contributed by atoms with Gasteiger partial charge >= 0.3 is 0 Å². The van der Waals surface area contributed by atoms with E-state index in [9.17, 15) is 8.42 Å². The number of hydrogen-bond acceptors (Lipinski definition) is 10. The third-order valence-corrected chi connectivity index (χ3v) is 16.2. The maximum atomic E-state index is 13.6. The average molecular weight is 947 g/mol. The number of fused-ring (bicyclic) bond motifs is 2. The van der Waals surface area contributed by atoms with Gasteiger partial charge in [0.2, 0.25) is 0 Å². The molecule has 4 fully saturated rings. The monoisotopic (exact) mass is 947 g/mol. The van der Waals surface area contributed by atoms with Gasteiger partial charge in [0.25, 0.3) is 10.0 Å². The average Bonchev–Trinajstić information content (AvgIpc) is 4.12. The van der Waals surface area contributed by atoms with Crippen LogP contribution < -0.4 is 0 Å². The fraction of sp³-hybridized carbons (Fsp3) is 0.509. The summed E-state index contributed by atoms with van der Waals surface area (Å²) in [6, 6.07) is 14.4. The lowest BCUT2D eigenvalue weighted by molar-refractivity contribution is 0.00727. The molecule has 2 saturated carbocycles. The van der Waals surface area contributed by atoms with Crippen LogP contribution in [-0.2, 0) is 33.6 Å². The molecule has 15 heteroatoms. The summed E-state index contributed by atoms with van der Waals surface area (Å²) in [5.74, 6) is 1.04.